The Bertz CT molecular complexity index is 1280. The van der Waals surface area contributed by atoms with Crippen LogP contribution in [0.3, 0.4) is 0 Å². The van der Waals surface area contributed by atoms with Crippen molar-refractivity contribution in [3.05, 3.63) is 71.8 Å². The van der Waals surface area contributed by atoms with Crippen LogP contribution in [0.25, 0.3) is 0 Å². The smallest absolute Gasteiger partial charge is 0.320 e. The summed E-state index contributed by atoms with van der Waals surface area (Å²) in [6.45, 7) is 0.367. The highest BCUT2D eigenvalue weighted by Crippen LogP contribution is 2.14. The van der Waals surface area contributed by atoms with Gasteiger partial charge in [0, 0.05) is 26.2 Å². The van der Waals surface area contributed by atoms with E-state index >= 15 is 0 Å². The van der Waals surface area contributed by atoms with E-state index in [0.717, 1.165) is 24.0 Å². The van der Waals surface area contributed by atoms with Crippen molar-refractivity contribution in [1.29, 1.82) is 0 Å². The fourth-order valence-electron chi connectivity index (χ4n) is 5.06. The van der Waals surface area contributed by atoms with E-state index in [2.05, 4.69) is 0 Å². The van der Waals surface area contributed by atoms with Crippen molar-refractivity contribution in [2.24, 2.45) is 5.92 Å². The lowest BCUT2D eigenvalue weighted by molar-refractivity contribution is -0.151. The maximum absolute atomic E-state index is 13.5. The third kappa shape index (κ3) is 17.7. The number of Topliss-reactive ketones (excluding diaryl/α,β-unsaturated/α-hetero) is 1. The number of hydrogen-bond donors (Lipinski definition) is 2. The van der Waals surface area contributed by atoms with Crippen molar-refractivity contribution in [2.75, 3.05) is 66.0 Å². The van der Waals surface area contributed by atoms with Crippen LogP contribution in [-0.2, 0) is 56.2 Å². The molecule has 2 N–H and O–H groups in total. The largest absolute Gasteiger partial charge is 0.480 e. The van der Waals surface area contributed by atoms with Crippen molar-refractivity contribution >= 4 is 35.6 Å². The number of carboxylic acids is 2. The fraction of sp³-hybridized carbons (Fsp3) is 0.500. The average molecular weight is 700 g/mol. The van der Waals surface area contributed by atoms with Crippen LogP contribution in [0.15, 0.2) is 60.7 Å². The first-order valence-corrected chi connectivity index (χ1v) is 16.6. The molecular formula is C36H49N3O11. The number of ether oxygens (including phenoxy) is 3. The molecule has 0 bridgehead atoms. The lowest BCUT2D eigenvalue weighted by Gasteiger charge is -2.29. The second-order valence-corrected chi connectivity index (χ2v) is 11.8. The Labute approximate surface area is 292 Å². The van der Waals surface area contributed by atoms with E-state index in [-0.39, 0.29) is 59.0 Å². The van der Waals surface area contributed by atoms with E-state index in [9.17, 15) is 39.0 Å². The summed E-state index contributed by atoms with van der Waals surface area (Å²) in [5.74, 6) is -5.71. The third-order valence-corrected chi connectivity index (χ3v) is 7.72. The normalized spacial score (nSPS) is 11.7. The van der Waals surface area contributed by atoms with Crippen LogP contribution in [0.1, 0.15) is 43.7 Å². The van der Waals surface area contributed by atoms with Gasteiger partial charge in [-0.2, -0.15) is 0 Å². The molecule has 1 unspecified atom stereocenters. The molecule has 2 aromatic rings. The zero-order valence-corrected chi connectivity index (χ0v) is 28.9. The Morgan fingerprint density at radius 1 is 0.620 bits per heavy atom. The number of carbonyl (C=O) groups excluding carboxylic acids is 4. The number of rotatable bonds is 26. The minimum atomic E-state index is -1.17. The van der Waals surface area contributed by atoms with Crippen LogP contribution in [0, 0.1) is 5.92 Å². The zero-order chi connectivity index (χ0) is 36.7. The van der Waals surface area contributed by atoms with Gasteiger partial charge in [-0.3, -0.25) is 43.5 Å². The molecule has 274 valence electrons. The second-order valence-electron chi connectivity index (χ2n) is 11.8. The summed E-state index contributed by atoms with van der Waals surface area (Å²) in [4.78, 5) is 79.0. The quantitative estimate of drug-likeness (QED) is 0.0633. The number of unbranched alkanes of at least 4 members (excludes halogenated alkanes) is 2. The highest BCUT2D eigenvalue weighted by atomic mass is 16.5. The predicted octanol–water partition coefficient (Wildman–Crippen LogP) is 2.49. The number of benzene rings is 2. The Balaban J connectivity index is 2.16. The fourth-order valence-corrected chi connectivity index (χ4v) is 5.06. The highest BCUT2D eigenvalue weighted by molar-refractivity contribution is 6.00. The molecule has 0 heterocycles. The standard InChI is InChI=1S/C36H49N3O11/c1-3-4-7-16-30(36(47)48-2)31(40)21-37(17-19-38(22-32(41)42)24-34(45)49-26-28-12-8-5-9-13-28)18-20-39(23-33(43)44)25-35(46)50-27-29-14-10-6-11-15-29/h5-6,8-15,30H,3-4,7,16-27H2,1-2H3,(H,41,42)(H,43,44). The van der Waals surface area contributed by atoms with Crippen molar-refractivity contribution in [2.45, 2.75) is 45.8 Å². The molecule has 2 rings (SSSR count). The Morgan fingerprint density at radius 2 is 1.06 bits per heavy atom. The first kappa shape index (κ1) is 41.5. The van der Waals surface area contributed by atoms with E-state index in [4.69, 9.17) is 14.2 Å². The van der Waals surface area contributed by atoms with Crippen molar-refractivity contribution in [3.8, 4) is 0 Å². The van der Waals surface area contributed by atoms with Gasteiger partial charge in [-0.1, -0.05) is 86.8 Å². The molecule has 14 nitrogen and oxygen atoms in total. The number of carbonyl (C=O) groups is 6. The van der Waals surface area contributed by atoms with Crippen molar-refractivity contribution < 1.29 is 53.2 Å². The summed E-state index contributed by atoms with van der Waals surface area (Å²) in [6.07, 6.45) is 2.63. The minimum absolute atomic E-state index is 0.0152. The van der Waals surface area contributed by atoms with E-state index < -0.39 is 54.6 Å². The average Bonchev–Trinajstić information content (AvgIpc) is 3.09. The molecule has 0 radical (unpaired) electrons. The highest BCUT2D eigenvalue weighted by Gasteiger charge is 2.29. The minimum Gasteiger partial charge on any atom is -0.480 e. The van der Waals surface area contributed by atoms with Crippen LogP contribution >= 0.6 is 0 Å². The maximum Gasteiger partial charge on any atom is 0.320 e. The van der Waals surface area contributed by atoms with Gasteiger partial charge in [0.15, 0.2) is 5.78 Å². The Morgan fingerprint density at radius 3 is 1.46 bits per heavy atom. The molecule has 0 saturated heterocycles. The molecule has 0 amide bonds. The maximum atomic E-state index is 13.5. The van der Waals surface area contributed by atoms with Crippen molar-refractivity contribution in [3.63, 3.8) is 0 Å². The van der Waals surface area contributed by atoms with Crippen LogP contribution in [0.5, 0.6) is 0 Å². The number of ketones is 1. The molecule has 50 heavy (non-hydrogen) atoms. The SMILES string of the molecule is CCCCCC(C(=O)CN(CCN(CC(=O)O)CC(=O)OCc1ccccc1)CCN(CC(=O)O)CC(=O)OCc1ccccc1)C(=O)OC. The summed E-state index contributed by atoms with van der Waals surface area (Å²) in [5, 5.41) is 19.0. The number of nitrogens with zero attached hydrogens (tertiary/aromatic N) is 3. The van der Waals surface area contributed by atoms with Gasteiger partial charge in [-0.25, -0.2) is 0 Å². The number of carboxylic acid groups (broad SMARTS) is 2. The van der Waals surface area contributed by atoms with Crippen LogP contribution < -0.4 is 0 Å². The summed E-state index contributed by atoms with van der Waals surface area (Å²) >= 11 is 0. The van der Waals surface area contributed by atoms with E-state index in [1.165, 1.54) is 16.9 Å². The summed E-state index contributed by atoms with van der Waals surface area (Å²) < 4.78 is 15.6. The molecule has 0 saturated carbocycles. The molecule has 14 heteroatoms. The Kier molecular flexibility index (Phi) is 19.6. The van der Waals surface area contributed by atoms with Crippen LogP contribution in [0.2, 0.25) is 0 Å². The predicted molar refractivity (Wildman–Crippen MR) is 182 cm³/mol. The molecule has 0 spiro atoms. The van der Waals surface area contributed by atoms with Gasteiger partial charge in [-0.05, 0) is 17.5 Å². The zero-order valence-electron chi connectivity index (χ0n) is 28.9. The first-order chi connectivity index (χ1) is 24.0. The number of methoxy groups -OCH3 is 1. The lowest BCUT2D eigenvalue weighted by Crippen LogP contribution is -2.46. The molecular weight excluding hydrogens is 650 g/mol. The first-order valence-electron chi connectivity index (χ1n) is 16.6. The third-order valence-electron chi connectivity index (χ3n) is 7.72. The van der Waals surface area contributed by atoms with Crippen LogP contribution in [0.4, 0.5) is 0 Å². The van der Waals surface area contributed by atoms with E-state index in [0.29, 0.717) is 12.8 Å². The summed E-state index contributed by atoms with van der Waals surface area (Å²) in [6, 6.07) is 18.0. The molecule has 0 aromatic heterocycles. The molecule has 0 aliphatic heterocycles. The summed E-state index contributed by atoms with van der Waals surface area (Å²) in [7, 11) is 1.21. The Hall–Kier alpha value is -4.66. The van der Waals surface area contributed by atoms with Gasteiger partial charge in [0.05, 0.1) is 39.8 Å². The van der Waals surface area contributed by atoms with Crippen LogP contribution in [-0.4, -0.2) is 127 Å². The van der Waals surface area contributed by atoms with Gasteiger partial charge >= 0.3 is 29.8 Å². The van der Waals surface area contributed by atoms with Gasteiger partial charge in [-0.15, -0.1) is 0 Å². The van der Waals surface area contributed by atoms with Gasteiger partial charge in [0.2, 0.25) is 0 Å². The van der Waals surface area contributed by atoms with Gasteiger partial charge in [0.1, 0.15) is 19.1 Å². The molecule has 0 aliphatic carbocycles. The number of aliphatic carboxylic acids is 2. The van der Waals surface area contributed by atoms with E-state index in [1.807, 2.05) is 19.1 Å². The molecule has 0 aliphatic rings. The molecule has 0 fully saturated rings. The van der Waals surface area contributed by atoms with E-state index in [1.54, 1.807) is 53.4 Å². The number of hydrogen-bond acceptors (Lipinski definition) is 12. The molecule has 1 atom stereocenters. The van der Waals surface area contributed by atoms with Gasteiger partial charge < -0.3 is 24.4 Å². The second kappa shape index (κ2) is 23.7. The topological polar surface area (TPSA) is 180 Å². The monoisotopic (exact) mass is 699 g/mol. The van der Waals surface area contributed by atoms with Gasteiger partial charge in [0.25, 0.3) is 0 Å². The molecule has 2 aromatic carbocycles. The lowest BCUT2D eigenvalue weighted by atomic mass is 9.96. The van der Waals surface area contributed by atoms with Crippen molar-refractivity contribution in [1.82, 2.24) is 14.7 Å². The summed E-state index contributed by atoms with van der Waals surface area (Å²) in [5.41, 5.74) is 1.54. The number of esters is 3.